The van der Waals surface area contributed by atoms with Gasteiger partial charge >= 0.3 is 0 Å². The number of furan rings is 1. The predicted molar refractivity (Wildman–Crippen MR) is 89.4 cm³/mol. The highest BCUT2D eigenvalue weighted by molar-refractivity contribution is 5.85. The van der Waals surface area contributed by atoms with Crippen LogP contribution in [0.4, 0.5) is 0 Å². The summed E-state index contributed by atoms with van der Waals surface area (Å²) in [5.74, 6) is 1.73. The van der Waals surface area contributed by atoms with Crippen LogP contribution in [0.2, 0.25) is 0 Å². The third-order valence-corrected chi connectivity index (χ3v) is 3.05. The van der Waals surface area contributed by atoms with Gasteiger partial charge in [-0.1, -0.05) is 24.3 Å². The van der Waals surface area contributed by atoms with E-state index in [1.54, 1.807) is 6.26 Å². The van der Waals surface area contributed by atoms with Crippen molar-refractivity contribution in [3.8, 4) is 0 Å². The van der Waals surface area contributed by atoms with Crippen molar-refractivity contribution in [1.29, 1.82) is 0 Å². The molecule has 0 aliphatic carbocycles. The summed E-state index contributed by atoms with van der Waals surface area (Å²) in [6.07, 6.45) is 5.56. The average molecular weight is 301 g/mol. The first-order chi connectivity index (χ1) is 9.74. The van der Waals surface area contributed by atoms with E-state index in [1.165, 1.54) is 0 Å². The van der Waals surface area contributed by atoms with E-state index in [9.17, 15) is 0 Å². The fourth-order valence-corrected chi connectivity index (χ4v) is 2.20. The quantitative estimate of drug-likeness (QED) is 0.648. The minimum Gasteiger partial charge on any atom is -0.465 e. The van der Waals surface area contributed by atoms with Crippen LogP contribution in [0.15, 0.2) is 59.2 Å². The Morgan fingerprint density at radius 1 is 1.24 bits per heavy atom. The summed E-state index contributed by atoms with van der Waals surface area (Å²) in [6, 6.07) is 11.9. The summed E-state index contributed by atoms with van der Waals surface area (Å²) < 4.78 is 7.47. The molecule has 0 unspecified atom stereocenters. The van der Waals surface area contributed by atoms with Crippen LogP contribution in [0.1, 0.15) is 18.5 Å². The molecule has 0 amide bonds. The molecule has 3 nitrogen and oxygen atoms in total. The molecule has 1 aromatic carbocycles. The van der Waals surface area contributed by atoms with E-state index < -0.39 is 0 Å². The number of hydrogen-bond donors (Lipinski definition) is 0. The van der Waals surface area contributed by atoms with E-state index in [0.717, 1.165) is 34.7 Å². The third kappa shape index (κ3) is 3.26. The number of nitrogens with zero attached hydrogens (tertiary/aromatic N) is 2. The first kappa shape index (κ1) is 15.1. The second-order valence-electron chi connectivity index (χ2n) is 4.85. The fraction of sp³-hybridized carbons (Fsp3) is 0.118. The molecule has 0 aliphatic rings. The molecular weight excluding hydrogens is 284 g/mol. The molecule has 0 atom stereocenters. The van der Waals surface area contributed by atoms with Crippen LogP contribution >= 0.6 is 12.4 Å². The normalized spacial score (nSPS) is 10.9. The molecule has 0 saturated carbocycles. The van der Waals surface area contributed by atoms with Gasteiger partial charge in [-0.25, -0.2) is 4.98 Å². The molecule has 0 aliphatic heterocycles. The van der Waals surface area contributed by atoms with Crippen molar-refractivity contribution in [3.63, 3.8) is 0 Å². The number of halogens is 1. The molecule has 21 heavy (non-hydrogen) atoms. The van der Waals surface area contributed by atoms with Crippen LogP contribution in [0, 0.1) is 0 Å². The summed E-state index contributed by atoms with van der Waals surface area (Å²) in [7, 11) is 0. The first-order valence-corrected chi connectivity index (χ1v) is 6.55. The van der Waals surface area contributed by atoms with E-state index in [0.29, 0.717) is 0 Å². The van der Waals surface area contributed by atoms with Gasteiger partial charge in [0.1, 0.15) is 11.6 Å². The second kappa shape index (κ2) is 6.46. The van der Waals surface area contributed by atoms with Crippen molar-refractivity contribution < 1.29 is 4.42 Å². The van der Waals surface area contributed by atoms with Gasteiger partial charge in [0.25, 0.3) is 0 Å². The second-order valence-corrected chi connectivity index (χ2v) is 4.85. The van der Waals surface area contributed by atoms with Gasteiger partial charge in [0.05, 0.1) is 17.3 Å². The topological polar surface area (TPSA) is 31.0 Å². The molecule has 3 rings (SSSR count). The molecule has 0 spiro atoms. The van der Waals surface area contributed by atoms with Gasteiger partial charge in [-0.3, -0.25) is 0 Å². The molecule has 3 aromatic rings. The van der Waals surface area contributed by atoms with Crippen LogP contribution < -0.4 is 0 Å². The van der Waals surface area contributed by atoms with Gasteiger partial charge in [0.2, 0.25) is 0 Å². The van der Waals surface area contributed by atoms with Crippen LogP contribution in [-0.4, -0.2) is 9.55 Å². The number of benzene rings is 1. The van der Waals surface area contributed by atoms with E-state index in [2.05, 4.69) is 22.2 Å². The monoisotopic (exact) mass is 300 g/mol. The van der Waals surface area contributed by atoms with Crippen LogP contribution in [0.25, 0.3) is 23.2 Å². The Balaban J connectivity index is 0.00000161. The van der Waals surface area contributed by atoms with Gasteiger partial charge in [-0.05, 0) is 43.3 Å². The van der Waals surface area contributed by atoms with Crippen molar-refractivity contribution >= 4 is 35.6 Å². The lowest BCUT2D eigenvalue weighted by atomic mass is 10.3. The molecule has 0 radical (unpaired) electrons. The zero-order valence-corrected chi connectivity index (χ0v) is 12.6. The Labute approximate surface area is 130 Å². The van der Waals surface area contributed by atoms with E-state index >= 15 is 0 Å². The molecule has 0 fully saturated rings. The van der Waals surface area contributed by atoms with Crippen molar-refractivity contribution in [2.45, 2.75) is 13.5 Å². The molecule has 0 bridgehead atoms. The Hall–Kier alpha value is -2.26. The third-order valence-electron chi connectivity index (χ3n) is 3.05. The maximum absolute atomic E-state index is 5.31. The number of hydrogen-bond acceptors (Lipinski definition) is 2. The minimum atomic E-state index is 0. The van der Waals surface area contributed by atoms with Crippen LogP contribution in [-0.2, 0) is 6.54 Å². The summed E-state index contributed by atoms with van der Waals surface area (Å²) in [5.41, 5.74) is 3.21. The highest BCUT2D eigenvalue weighted by Crippen LogP contribution is 2.19. The lowest BCUT2D eigenvalue weighted by Crippen LogP contribution is -2.00. The zero-order valence-electron chi connectivity index (χ0n) is 11.8. The summed E-state index contributed by atoms with van der Waals surface area (Å²) in [5, 5.41) is 0. The summed E-state index contributed by atoms with van der Waals surface area (Å²) >= 11 is 0. The largest absolute Gasteiger partial charge is 0.465 e. The van der Waals surface area contributed by atoms with Crippen molar-refractivity contribution in [3.05, 3.63) is 66.4 Å². The fourth-order valence-electron chi connectivity index (χ4n) is 2.20. The predicted octanol–water partition coefficient (Wildman–Crippen LogP) is 4.80. The number of fused-ring (bicyclic) bond motifs is 1. The maximum atomic E-state index is 5.31. The molecule has 108 valence electrons. The molecular formula is C17H17ClN2O. The van der Waals surface area contributed by atoms with Gasteiger partial charge in [-0.15, -0.1) is 12.4 Å². The summed E-state index contributed by atoms with van der Waals surface area (Å²) in [4.78, 5) is 4.66. The molecule has 0 N–H and O–H groups in total. The van der Waals surface area contributed by atoms with Gasteiger partial charge < -0.3 is 8.98 Å². The van der Waals surface area contributed by atoms with Crippen LogP contribution in [0.5, 0.6) is 0 Å². The lowest BCUT2D eigenvalue weighted by Gasteiger charge is -2.06. The Bertz CT molecular complexity index is 769. The number of imidazole rings is 1. The Morgan fingerprint density at radius 2 is 2.05 bits per heavy atom. The Kier molecular flexibility index (Phi) is 4.66. The molecule has 0 saturated heterocycles. The van der Waals surface area contributed by atoms with E-state index in [-0.39, 0.29) is 12.4 Å². The number of allylic oxidation sites excluding steroid dienone is 1. The van der Waals surface area contributed by atoms with Gasteiger partial charge in [0.15, 0.2) is 0 Å². The summed E-state index contributed by atoms with van der Waals surface area (Å²) in [6.45, 7) is 6.78. The smallest absolute Gasteiger partial charge is 0.134 e. The zero-order chi connectivity index (χ0) is 13.9. The standard InChI is InChI=1S/C17H16N2O.ClH/c1-13(2)12-19-16-8-4-3-7-15(16)18-17(19)10-9-14-6-5-11-20-14;/h3-11H,1,12H2,2H3;1H. The van der Waals surface area contributed by atoms with Crippen molar-refractivity contribution in [1.82, 2.24) is 9.55 Å². The minimum absolute atomic E-state index is 0. The number of aromatic nitrogens is 2. The van der Waals surface area contributed by atoms with Gasteiger partial charge in [0, 0.05) is 6.54 Å². The SMILES string of the molecule is C=C(C)Cn1c(C=Cc2ccco2)nc2ccccc21.Cl. The van der Waals surface area contributed by atoms with Crippen molar-refractivity contribution in [2.75, 3.05) is 0 Å². The highest BCUT2D eigenvalue weighted by Gasteiger charge is 2.07. The number of rotatable bonds is 4. The lowest BCUT2D eigenvalue weighted by molar-refractivity contribution is 0.557. The first-order valence-electron chi connectivity index (χ1n) is 6.55. The van der Waals surface area contributed by atoms with Gasteiger partial charge in [-0.2, -0.15) is 0 Å². The van der Waals surface area contributed by atoms with Crippen molar-refractivity contribution in [2.24, 2.45) is 0 Å². The molecule has 2 aromatic heterocycles. The molecule has 2 heterocycles. The Morgan fingerprint density at radius 3 is 2.76 bits per heavy atom. The van der Waals surface area contributed by atoms with E-state index in [1.807, 2.05) is 49.4 Å². The maximum Gasteiger partial charge on any atom is 0.134 e. The number of para-hydroxylation sites is 2. The molecule has 4 heteroatoms. The average Bonchev–Trinajstić information content (AvgIpc) is 3.04. The highest BCUT2D eigenvalue weighted by atomic mass is 35.5. The van der Waals surface area contributed by atoms with E-state index in [4.69, 9.17) is 4.42 Å². The van der Waals surface area contributed by atoms with Crippen LogP contribution in [0.3, 0.4) is 0 Å².